The van der Waals surface area contributed by atoms with Gasteiger partial charge in [-0.25, -0.2) is 22.7 Å². The summed E-state index contributed by atoms with van der Waals surface area (Å²) in [6, 6.07) is 3.54. The SMILES string of the molecule is O=c1c2nn(Cc3ccc(F)c(F)c3)c(=O)n2ccn1C1CCCCC1. The molecule has 3 aromatic rings. The predicted octanol–water partition coefficient (Wildman–Crippen LogP) is 2.49. The van der Waals surface area contributed by atoms with Crippen molar-refractivity contribution in [1.29, 1.82) is 0 Å². The molecule has 6 nitrogen and oxygen atoms in total. The molecular weight excluding hydrogens is 342 g/mol. The van der Waals surface area contributed by atoms with E-state index in [9.17, 15) is 18.4 Å². The monoisotopic (exact) mass is 360 g/mol. The van der Waals surface area contributed by atoms with Gasteiger partial charge < -0.3 is 4.57 Å². The summed E-state index contributed by atoms with van der Waals surface area (Å²) >= 11 is 0. The predicted molar refractivity (Wildman–Crippen MR) is 91.3 cm³/mol. The Hall–Kier alpha value is -2.77. The lowest BCUT2D eigenvalue weighted by Gasteiger charge is -2.23. The lowest BCUT2D eigenvalue weighted by atomic mass is 9.95. The molecule has 1 aliphatic rings. The van der Waals surface area contributed by atoms with Gasteiger partial charge in [0.2, 0.25) is 5.65 Å². The molecule has 0 aliphatic heterocycles. The first kappa shape index (κ1) is 16.7. The molecule has 0 unspecified atom stereocenters. The zero-order valence-electron chi connectivity index (χ0n) is 14.1. The van der Waals surface area contributed by atoms with Crippen molar-refractivity contribution in [3.63, 3.8) is 0 Å². The molecule has 0 bridgehead atoms. The number of aromatic nitrogens is 4. The minimum atomic E-state index is -0.987. The average Bonchev–Trinajstić information content (AvgIpc) is 2.96. The van der Waals surface area contributed by atoms with E-state index < -0.39 is 17.3 Å². The van der Waals surface area contributed by atoms with Gasteiger partial charge in [-0.3, -0.25) is 4.79 Å². The Balaban J connectivity index is 1.74. The van der Waals surface area contributed by atoms with Crippen molar-refractivity contribution < 1.29 is 8.78 Å². The molecule has 1 saturated carbocycles. The summed E-state index contributed by atoms with van der Waals surface area (Å²) in [6.45, 7) is -0.0411. The average molecular weight is 360 g/mol. The van der Waals surface area contributed by atoms with Crippen LogP contribution >= 0.6 is 0 Å². The summed E-state index contributed by atoms with van der Waals surface area (Å²) in [5, 5.41) is 4.13. The number of benzene rings is 1. The van der Waals surface area contributed by atoms with E-state index in [1.807, 2.05) is 0 Å². The van der Waals surface area contributed by atoms with Crippen LogP contribution in [0, 0.1) is 11.6 Å². The second-order valence-electron chi connectivity index (χ2n) is 6.68. The van der Waals surface area contributed by atoms with E-state index >= 15 is 0 Å². The van der Waals surface area contributed by atoms with Gasteiger partial charge in [0, 0.05) is 18.4 Å². The lowest BCUT2D eigenvalue weighted by molar-refractivity contribution is 0.346. The third kappa shape index (κ3) is 2.85. The zero-order chi connectivity index (χ0) is 18.3. The number of halogens is 2. The van der Waals surface area contributed by atoms with Crippen LogP contribution in [-0.4, -0.2) is 18.7 Å². The van der Waals surface area contributed by atoms with Gasteiger partial charge >= 0.3 is 5.69 Å². The Morgan fingerprint density at radius 2 is 1.81 bits per heavy atom. The Morgan fingerprint density at radius 1 is 1.04 bits per heavy atom. The van der Waals surface area contributed by atoms with Crippen LogP contribution in [0.5, 0.6) is 0 Å². The number of nitrogens with zero attached hydrogens (tertiary/aromatic N) is 4. The van der Waals surface area contributed by atoms with Gasteiger partial charge in [0.1, 0.15) is 0 Å². The summed E-state index contributed by atoms with van der Waals surface area (Å²) < 4.78 is 30.4. The van der Waals surface area contributed by atoms with Crippen LogP contribution in [0.3, 0.4) is 0 Å². The third-order valence-corrected chi connectivity index (χ3v) is 4.96. The first-order chi connectivity index (χ1) is 12.5. The van der Waals surface area contributed by atoms with Crippen LogP contribution < -0.4 is 11.2 Å². The van der Waals surface area contributed by atoms with E-state index in [1.165, 1.54) is 16.9 Å². The van der Waals surface area contributed by atoms with Crippen molar-refractivity contribution in [1.82, 2.24) is 18.7 Å². The van der Waals surface area contributed by atoms with Gasteiger partial charge in [0.05, 0.1) is 6.54 Å². The van der Waals surface area contributed by atoms with E-state index in [4.69, 9.17) is 0 Å². The summed E-state index contributed by atoms with van der Waals surface area (Å²) in [5.41, 5.74) is -0.356. The Labute approximate surface area is 147 Å². The maximum Gasteiger partial charge on any atom is 0.350 e. The quantitative estimate of drug-likeness (QED) is 0.721. The maximum atomic E-state index is 13.4. The molecule has 0 amide bonds. The minimum absolute atomic E-state index is 0.0411. The summed E-state index contributed by atoms with van der Waals surface area (Å²) in [6.07, 6.45) is 8.40. The first-order valence-electron chi connectivity index (χ1n) is 8.69. The van der Waals surface area contributed by atoms with Crippen molar-refractivity contribution in [2.45, 2.75) is 44.7 Å². The maximum absolute atomic E-state index is 13.4. The van der Waals surface area contributed by atoms with Crippen molar-refractivity contribution in [2.75, 3.05) is 0 Å². The molecule has 2 heterocycles. The normalized spacial score (nSPS) is 15.6. The highest BCUT2D eigenvalue weighted by Gasteiger charge is 2.19. The Kier molecular flexibility index (Phi) is 4.18. The topological polar surface area (TPSA) is 61.3 Å². The van der Waals surface area contributed by atoms with Crippen LogP contribution in [0.1, 0.15) is 43.7 Å². The van der Waals surface area contributed by atoms with E-state index in [1.54, 1.807) is 17.0 Å². The van der Waals surface area contributed by atoms with E-state index in [-0.39, 0.29) is 23.8 Å². The smallest absolute Gasteiger partial charge is 0.308 e. The zero-order valence-corrected chi connectivity index (χ0v) is 14.1. The molecule has 2 aromatic heterocycles. The van der Waals surface area contributed by atoms with E-state index in [0.29, 0.717) is 5.56 Å². The van der Waals surface area contributed by atoms with E-state index in [2.05, 4.69) is 5.10 Å². The first-order valence-corrected chi connectivity index (χ1v) is 8.69. The molecule has 0 saturated heterocycles. The summed E-state index contributed by atoms with van der Waals surface area (Å²) in [7, 11) is 0. The second kappa shape index (κ2) is 6.51. The highest BCUT2D eigenvalue weighted by Crippen LogP contribution is 2.26. The van der Waals surface area contributed by atoms with Gasteiger partial charge in [0.25, 0.3) is 5.56 Å². The number of rotatable bonds is 3. The van der Waals surface area contributed by atoms with Crippen LogP contribution in [-0.2, 0) is 6.54 Å². The number of hydrogen-bond donors (Lipinski definition) is 0. The number of fused-ring (bicyclic) bond motifs is 1. The van der Waals surface area contributed by atoms with Crippen LogP contribution in [0.15, 0.2) is 40.2 Å². The second-order valence-corrected chi connectivity index (χ2v) is 6.68. The van der Waals surface area contributed by atoms with Gasteiger partial charge in [-0.1, -0.05) is 25.3 Å². The molecule has 0 spiro atoms. The fourth-order valence-electron chi connectivity index (χ4n) is 3.58. The molecule has 0 atom stereocenters. The standard InChI is InChI=1S/C18H18F2N4O2/c19-14-7-6-12(10-15(14)20)11-24-18(26)23-9-8-22(17(25)16(23)21-24)13-4-2-1-3-5-13/h6-10,13H,1-5,11H2. The largest absolute Gasteiger partial charge is 0.350 e. The molecule has 0 radical (unpaired) electrons. The van der Waals surface area contributed by atoms with Gasteiger partial charge in [0.15, 0.2) is 11.6 Å². The molecule has 1 aromatic carbocycles. The molecule has 1 fully saturated rings. The Morgan fingerprint density at radius 3 is 2.54 bits per heavy atom. The summed E-state index contributed by atoms with van der Waals surface area (Å²) in [4.78, 5) is 25.2. The highest BCUT2D eigenvalue weighted by atomic mass is 19.2. The molecule has 8 heteroatoms. The van der Waals surface area contributed by atoms with Crippen molar-refractivity contribution in [3.8, 4) is 0 Å². The molecule has 4 rings (SSSR count). The van der Waals surface area contributed by atoms with Crippen molar-refractivity contribution in [2.24, 2.45) is 0 Å². The Bertz CT molecular complexity index is 1080. The van der Waals surface area contributed by atoms with Gasteiger partial charge in [-0.2, -0.15) is 0 Å². The number of hydrogen-bond acceptors (Lipinski definition) is 3. The highest BCUT2D eigenvalue weighted by molar-refractivity contribution is 5.33. The van der Waals surface area contributed by atoms with Gasteiger partial charge in [-0.05, 0) is 30.5 Å². The molecule has 0 N–H and O–H groups in total. The molecule has 1 aliphatic carbocycles. The van der Waals surface area contributed by atoms with Crippen molar-refractivity contribution in [3.05, 3.63) is 68.6 Å². The van der Waals surface area contributed by atoms with Crippen LogP contribution in [0.2, 0.25) is 0 Å². The fraction of sp³-hybridized carbons (Fsp3) is 0.389. The van der Waals surface area contributed by atoms with Gasteiger partial charge in [-0.15, -0.1) is 5.10 Å². The van der Waals surface area contributed by atoms with Crippen molar-refractivity contribution >= 4 is 5.65 Å². The lowest BCUT2D eigenvalue weighted by Crippen LogP contribution is -2.28. The summed E-state index contributed by atoms with van der Waals surface area (Å²) in [5.74, 6) is -1.94. The van der Waals surface area contributed by atoms with Crippen LogP contribution in [0.4, 0.5) is 8.78 Å². The molecule has 26 heavy (non-hydrogen) atoms. The molecular formula is C18H18F2N4O2. The minimum Gasteiger partial charge on any atom is -0.308 e. The van der Waals surface area contributed by atoms with Crippen LogP contribution in [0.25, 0.3) is 5.65 Å². The molecule has 136 valence electrons. The fourth-order valence-corrected chi connectivity index (χ4v) is 3.58. The third-order valence-electron chi connectivity index (χ3n) is 4.96. The van der Waals surface area contributed by atoms with E-state index in [0.717, 1.165) is 42.5 Å².